The summed E-state index contributed by atoms with van der Waals surface area (Å²) in [4.78, 5) is 16.5. The van der Waals surface area contributed by atoms with E-state index in [-0.39, 0.29) is 6.09 Å². The molecule has 2 aliphatic rings. The van der Waals surface area contributed by atoms with Gasteiger partial charge in [-0.25, -0.2) is 4.79 Å². The molecule has 19 heavy (non-hydrogen) atoms. The number of carbonyl (C=O) groups excluding carboxylic acids is 1. The van der Waals surface area contributed by atoms with Crippen molar-refractivity contribution in [1.29, 1.82) is 0 Å². The normalized spacial score (nSPS) is 28.3. The first-order valence-corrected chi connectivity index (χ1v) is 7.72. The highest BCUT2D eigenvalue weighted by Gasteiger charge is 2.41. The molecule has 0 aromatic carbocycles. The van der Waals surface area contributed by atoms with Crippen LogP contribution in [0.2, 0.25) is 0 Å². The topological polar surface area (TPSA) is 32.8 Å². The molecular weight excluding hydrogens is 264 g/mol. The summed E-state index contributed by atoms with van der Waals surface area (Å²) < 4.78 is 5.50. The molecule has 110 valence electrons. The molecule has 0 bridgehead atoms. The van der Waals surface area contributed by atoms with Crippen LogP contribution in [0.5, 0.6) is 0 Å². The molecule has 0 aliphatic carbocycles. The van der Waals surface area contributed by atoms with Gasteiger partial charge in [-0.1, -0.05) is 0 Å². The van der Waals surface area contributed by atoms with E-state index in [9.17, 15) is 4.79 Å². The Labute approximate surface area is 121 Å². The number of piperidine rings is 1. The minimum absolute atomic E-state index is 0.147. The quantitative estimate of drug-likeness (QED) is 0.732. The molecular formula is C14H25ClN2O2. The standard InChI is InChI=1S/C14H25ClN2O2/c1-14(2,3)19-13(18)17-8-4-11-10-16(9-6-15)7-5-12(11)17/h11-12H,4-10H2,1-3H3. The van der Waals surface area contributed by atoms with E-state index >= 15 is 0 Å². The maximum absolute atomic E-state index is 12.2. The van der Waals surface area contributed by atoms with E-state index in [2.05, 4.69) is 4.90 Å². The minimum Gasteiger partial charge on any atom is -0.444 e. The molecule has 2 saturated heterocycles. The van der Waals surface area contributed by atoms with Gasteiger partial charge >= 0.3 is 6.09 Å². The maximum atomic E-state index is 12.2. The predicted molar refractivity (Wildman–Crippen MR) is 76.6 cm³/mol. The smallest absolute Gasteiger partial charge is 0.410 e. The van der Waals surface area contributed by atoms with E-state index in [0.29, 0.717) is 17.8 Å². The highest BCUT2D eigenvalue weighted by molar-refractivity contribution is 6.18. The van der Waals surface area contributed by atoms with Crippen molar-refractivity contribution in [2.75, 3.05) is 32.1 Å². The molecule has 2 unspecified atom stereocenters. The predicted octanol–water partition coefficient (Wildman–Crippen LogP) is 2.56. The summed E-state index contributed by atoms with van der Waals surface area (Å²) in [6, 6.07) is 0.362. The van der Waals surface area contributed by atoms with Crippen LogP contribution in [-0.2, 0) is 4.74 Å². The van der Waals surface area contributed by atoms with Crippen molar-refractivity contribution in [3.05, 3.63) is 0 Å². The number of ether oxygens (including phenoxy) is 1. The van der Waals surface area contributed by atoms with Gasteiger partial charge in [-0.05, 0) is 39.5 Å². The summed E-state index contributed by atoms with van der Waals surface area (Å²) >= 11 is 5.80. The molecule has 1 amide bonds. The monoisotopic (exact) mass is 288 g/mol. The Bertz CT molecular complexity index is 330. The fraction of sp³-hybridized carbons (Fsp3) is 0.929. The number of carbonyl (C=O) groups is 1. The molecule has 2 atom stereocenters. The maximum Gasteiger partial charge on any atom is 0.410 e. The van der Waals surface area contributed by atoms with Gasteiger partial charge in [0.1, 0.15) is 5.60 Å². The Kier molecular flexibility index (Phi) is 4.62. The first kappa shape index (κ1) is 14.9. The molecule has 2 rings (SSSR count). The van der Waals surface area contributed by atoms with E-state index in [1.807, 2.05) is 25.7 Å². The second kappa shape index (κ2) is 5.88. The Hall–Kier alpha value is -0.480. The van der Waals surface area contributed by atoms with Crippen LogP contribution in [0.25, 0.3) is 0 Å². The number of nitrogens with zero attached hydrogens (tertiary/aromatic N) is 2. The Balaban J connectivity index is 1.92. The van der Waals surface area contributed by atoms with Crippen LogP contribution >= 0.6 is 11.6 Å². The number of hydrogen-bond donors (Lipinski definition) is 0. The van der Waals surface area contributed by atoms with E-state index in [0.717, 1.165) is 39.0 Å². The van der Waals surface area contributed by atoms with Crippen molar-refractivity contribution < 1.29 is 9.53 Å². The first-order chi connectivity index (χ1) is 8.90. The third kappa shape index (κ3) is 3.76. The fourth-order valence-electron chi connectivity index (χ4n) is 3.13. The SMILES string of the molecule is CC(C)(C)OC(=O)N1CCC2CN(CCCl)CCC21. The first-order valence-electron chi connectivity index (χ1n) is 7.18. The molecule has 0 N–H and O–H groups in total. The Morgan fingerprint density at radius 1 is 1.32 bits per heavy atom. The molecule has 0 radical (unpaired) electrons. The third-order valence-electron chi connectivity index (χ3n) is 3.95. The third-order valence-corrected chi connectivity index (χ3v) is 4.12. The molecule has 2 fully saturated rings. The van der Waals surface area contributed by atoms with Gasteiger partial charge in [0.25, 0.3) is 0 Å². The van der Waals surface area contributed by atoms with E-state index in [1.165, 1.54) is 0 Å². The van der Waals surface area contributed by atoms with Gasteiger partial charge in [-0.15, -0.1) is 11.6 Å². The van der Waals surface area contributed by atoms with Gasteiger partial charge in [0.2, 0.25) is 0 Å². The lowest BCUT2D eigenvalue weighted by atomic mass is 9.93. The lowest BCUT2D eigenvalue weighted by molar-refractivity contribution is 0.0146. The van der Waals surface area contributed by atoms with Crippen molar-refractivity contribution in [2.24, 2.45) is 5.92 Å². The van der Waals surface area contributed by atoms with Crippen LogP contribution in [0.1, 0.15) is 33.6 Å². The van der Waals surface area contributed by atoms with Gasteiger partial charge in [-0.2, -0.15) is 0 Å². The van der Waals surface area contributed by atoms with Crippen LogP contribution in [0, 0.1) is 5.92 Å². The summed E-state index contributed by atoms with van der Waals surface area (Å²) in [5, 5.41) is 0. The molecule has 0 spiro atoms. The van der Waals surface area contributed by atoms with Gasteiger partial charge in [0.15, 0.2) is 0 Å². The lowest BCUT2D eigenvalue weighted by Crippen LogP contribution is -2.48. The van der Waals surface area contributed by atoms with E-state index < -0.39 is 5.60 Å². The second-order valence-electron chi connectivity index (χ2n) is 6.57. The number of amides is 1. The zero-order valence-corrected chi connectivity index (χ0v) is 12.9. The number of likely N-dealkylation sites (tertiary alicyclic amines) is 2. The molecule has 2 aliphatic heterocycles. The van der Waals surface area contributed by atoms with Crippen LogP contribution in [-0.4, -0.2) is 59.6 Å². The van der Waals surface area contributed by atoms with Gasteiger partial charge < -0.3 is 14.5 Å². The van der Waals surface area contributed by atoms with Crippen molar-refractivity contribution in [3.8, 4) is 0 Å². The van der Waals surface area contributed by atoms with Crippen LogP contribution in [0.3, 0.4) is 0 Å². The molecule has 2 heterocycles. The van der Waals surface area contributed by atoms with Gasteiger partial charge in [-0.3, -0.25) is 0 Å². The molecule has 5 heteroatoms. The van der Waals surface area contributed by atoms with Crippen LogP contribution in [0.4, 0.5) is 4.79 Å². The largest absolute Gasteiger partial charge is 0.444 e. The van der Waals surface area contributed by atoms with Crippen LogP contribution in [0.15, 0.2) is 0 Å². The summed E-state index contributed by atoms with van der Waals surface area (Å²) in [5.74, 6) is 1.28. The highest BCUT2D eigenvalue weighted by Crippen LogP contribution is 2.32. The van der Waals surface area contributed by atoms with Crippen molar-refractivity contribution in [2.45, 2.75) is 45.3 Å². The zero-order valence-electron chi connectivity index (χ0n) is 12.2. The molecule has 4 nitrogen and oxygen atoms in total. The Morgan fingerprint density at radius 3 is 2.68 bits per heavy atom. The average molecular weight is 289 g/mol. The average Bonchev–Trinajstić information content (AvgIpc) is 2.70. The van der Waals surface area contributed by atoms with E-state index in [4.69, 9.17) is 16.3 Å². The molecule has 0 aromatic heterocycles. The summed E-state index contributed by atoms with van der Waals surface area (Å²) in [6.07, 6.45) is 1.98. The molecule has 0 aromatic rings. The lowest BCUT2D eigenvalue weighted by Gasteiger charge is -2.38. The van der Waals surface area contributed by atoms with Crippen molar-refractivity contribution in [1.82, 2.24) is 9.80 Å². The van der Waals surface area contributed by atoms with Crippen LogP contribution < -0.4 is 0 Å². The Morgan fingerprint density at radius 2 is 2.05 bits per heavy atom. The summed E-state index contributed by atoms with van der Waals surface area (Å²) in [5.41, 5.74) is -0.408. The van der Waals surface area contributed by atoms with Crippen molar-refractivity contribution in [3.63, 3.8) is 0 Å². The van der Waals surface area contributed by atoms with Crippen molar-refractivity contribution >= 4 is 17.7 Å². The fourth-order valence-corrected chi connectivity index (χ4v) is 3.37. The van der Waals surface area contributed by atoms with Gasteiger partial charge in [0, 0.05) is 38.1 Å². The number of fused-ring (bicyclic) bond motifs is 1. The second-order valence-corrected chi connectivity index (χ2v) is 6.95. The van der Waals surface area contributed by atoms with E-state index in [1.54, 1.807) is 0 Å². The molecule has 0 saturated carbocycles. The number of alkyl halides is 1. The number of rotatable bonds is 2. The minimum atomic E-state index is -0.408. The summed E-state index contributed by atoms with van der Waals surface area (Å²) in [7, 11) is 0. The zero-order chi connectivity index (χ0) is 14.0. The highest BCUT2D eigenvalue weighted by atomic mass is 35.5. The van der Waals surface area contributed by atoms with Gasteiger partial charge in [0.05, 0.1) is 0 Å². The summed E-state index contributed by atoms with van der Waals surface area (Å²) in [6.45, 7) is 9.64. The number of halogens is 1. The number of hydrogen-bond acceptors (Lipinski definition) is 3.